The molecule has 1 heterocycles. The molecule has 1 aromatic rings. The third kappa shape index (κ3) is 3.76. The van der Waals surface area contributed by atoms with E-state index in [1.165, 1.54) is 0 Å². The Morgan fingerprint density at radius 2 is 1.68 bits per heavy atom. The molecule has 1 atom stereocenters. The van der Waals surface area contributed by atoms with E-state index in [-0.39, 0.29) is 24.3 Å². The lowest BCUT2D eigenvalue weighted by Gasteiger charge is -2.32. The first-order valence-corrected chi connectivity index (χ1v) is 8.87. The molecule has 120 valence electrons. The summed E-state index contributed by atoms with van der Waals surface area (Å²) in [7, 11) is -0.304. The molecule has 0 aliphatic carbocycles. The first kappa shape index (κ1) is 17.6. The largest absolute Gasteiger partial charge is 0.483 e. The quantitative estimate of drug-likeness (QED) is 0.473. The number of rotatable bonds is 4. The predicted octanol–water partition coefficient (Wildman–Crippen LogP) is 4.21. The van der Waals surface area contributed by atoms with Crippen molar-refractivity contribution in [3.8, 4) is 0 Å². The highest BCUT2D eigenvalue weighted by Gasteiger charge is 2.53. The molecule has 1 saturated heterocycles. The van der Waals surface area contributed by atoms with E-state index in [1.54, 1.807) is 11.8 Å². The Kier molecular flexibility index (Phi) is 5.41. The second-order valence-electron chi connectivity index (χ2n) is 6.60. The first-order valence-electron chi connectivity index (χ1n) is 7.88. The summed E-state index contributed by atoms with van der Waals surface area (Å²) in [5, 5.41) is 1.05. The molecule has 1 aliphatic rings. The summed E-state index contributed by atoms with van der Waals surface area (Å²) >= 11 is 1.76. The summed E-state index contributed by atoms with van der Waals surface area (Å²) in [5.41, 5.74) is 0.524. The Morgan fingerprint density at radius 1 is 1.14 bits per heavy atom. The van der Waals surface area contributed by atoms with Crippen LogP contribution in [0.15, 0.2) is 35.3 Å². The van der Waals surface area contributed by atoms with E-state index in [1.807, 2.05) is 18.2 Å². The minimum atomic E-state index is -0.313. The Labute approximate surface area is 139 Å². The van der Waals surface area contributed by atoms with E-state index < -0.39 is 0 Å². The van der Waals surface area contributed by atoms with Gasteiger partial charge in [0.2, 0.25) is 0 Å². The zero-order valence-electron chi connectivity index (χ0n) is 14.4. The molecule has 1 aromatic carbocycles. The monoisotopic (exact) mass is 319 g/mol. The summed E-state index contributed by atoms with van der Waals surface area (Å²) in [6.07, 6.45) is 0. The third-order valence-corrected chi connectivity index (χ3v) is 5.19. The minimum absolute atomic E-state index is 0.0460. The van der Waals surface area contributed by atoms with E-state index in [0.717, 1.165) is 16.4 Å². The SMILES string of the molecule is CCS/C(=N\C(C)B1OC(C)(C)C(C)(C)O1)c1ccccc1. The highest BCUT2D eigenvalue weighted by Crippen LogP contribution is 2.38. The molecule has 0 N–H and O–H groups in total. The van der Waals surface area contributed by atoms with Crippen molar-refractivity contribution in [3.63, 3.8) is 0 Å². The van der Waals surface area contributed by atoms with E-state index in [0.29, 0.717) is 0 Å². The van der Waals surface area contributed by atoms with Crippen LogP contribution in [0.2, 0.25) is 0 Å². The highest BCUT2D eigenvalue weighted by molar-refractivity contribution is 8.14. The molecule has 0 aromatic heterocycles. The van der Waals surface area contributed by atoms with Gasteiger partial charge >= 0.3 is 7.12 Å². The number of thioether (sulfide) groups is 1. The molecule has 0 bridgehead atoms. The summed E-state index contributed by atoms with van der Waals surface area (Å²) < 4.78 is 12.2. The highest BCUT2D eigenvalue weighted by atomic mass is 32.2. The van der Waals surface area contributed by atoms with Gasteiger partial charge in [0.15, 0.2) is 0 Å². The first-order chi connectivity index (χ1) is 10.3. The molecular formula is C17H26BNO2S. The van der Waals surface area contributed by atoms with Crippen LogP contribution in [0.3, 0.4) is 0 Å². The Balaban J connectivity index is 2.19. The predicted molar refractivity (Wildman–Crippen MR) is 96.7 cm³/mol. The standard InChI is InChI=1S/C17H26BNO2S/c1-7-22-15(14-11-9-8-10-12-14)19-13(2)18-20-16(3,4)17(5,6)21-18/h8-13H,7H2,1-6H3/b19-15-. The fourth-order valence-corrected chi connectivity index (χ4v) is 3.06. The molecule has 5 heteroatoms. The van der Waals surface area contributed by atoms with Gasteiger partial charge in [-0.2, -0.15) is 0 Å². The summed E-state index contributed by atoms with van der Waals surface area (Å²) in [5.74, 6) is 0.944. The summed E-state index contributed by atoms with van der Waals surface area (Å²) in [6, 6.07) is 10.3. The fourth-order valence-electron chi connectivity index (χ4n) is 2.24. The lowest BCUT2D eigenvalue weighted by Crippen LogP contribution is -2.41. The normalized spacial score (nSPS) is 21.9. The minimum Gasteiger partial charge on any atom is -0.402 e. The van der Waals surface area contributed by atoms with Crippen LogP contribution in [0.1, 0.15) is 47.1 Å². The average Bonchev–Trinajstić information content (AvgIpc) is 2.68. The van der Waals surface area contributed by atoms with Gasteiger partial charge in [-0.1, -0.05) is 37.3 Å². The molecule has 0 spiro atoms. The topological polar surface area (TPSA) is 30.8 Å². The maximum absolute atomic E-state index is 6.10. The van der Waals surface area contributed by atoms with E-state index >= 15 is 0 Å². The van der Waals surface area contributed by atoms with Gasteiger partial charge in [0.25, 0.3) is 0 Å². The van der Waals surface area contributed by atoms with Crippen molar-refractivity contribution in [2.45, 2.75) is 58.7 Å². The maximum atomic E-state index is 6.10. The van der Waals surface area contributed by atoms with Crippen LogP contribution >= 0.6 is 11.8 Å². The molecule has 0 saturated carbocycles. The fraction of sp³-hybridized carbons (Fsp3) is 0.588. The van der Waals surface area contributed by atoms with Gasteiger partial charge in [-0.15, -0.1) is 11.8 Å². The van der Waals surface area contributed by atoms with E-state index in [2.05, 4.69) is 53.7 Å². The molecule has 1 aliphatic heterocycles. The van der Waals surface area contributed by atoms with Gasteiger partial charge in [0, 0.05) is 5.56 Å². The van der Waals surface area contributed by atoms with Gasteiger partial charge in [-0.3, -0.25) is 4.99 Å². The van der Waals surface area contributed by atoms with Crippen LogP contribution in [0.25, 0.3) is 0 Å². The van der Waals surface area contributed by atoms with Crippen LogP contribution in [0.5, 0.6) is 0 Å². The maximum Gasteiger partial charge on any atom is 0.483 e. The van der Waals surface area contributed by atoms with E-state index in [9.17, 15) is 0 Å². The second-order valence-corrected chi connectivity index (χ2v) is 7.85. The van der Waals surface area contributed by atoms with Crippen molar-refractivity contribution in [1.82, 2.24) is 0 Å². The molecule has 0 radical (unpaired) electrons. The molecule has 22 heavy (non-hydrogen) atoms. The van der Waals surface area contributed by atoms with E-state index in [4.69, 9.17) is 14.3 Å². The number of hydrogen-bond donors (Lipinski definition) is 0. The van der Waals surface area contributed by atoms with Crippen molar-refractivity contribution in [3.05, 3.63) is 35.9 Å². The van der Waals surface area contributed by atoms with Gasteiger partial charge in [-0.05, 0) is 40.4 Å². The average molecular weight is 319 g/mol. The van der Waals surface area contributed by atoms with Crippen molar-refractivity contribution in [1.29, 1.82) is 0 Å². The van der Waals surface area contributed by atoms with Crippen LogP contribution < -0.4 is 0 Å². The molecule has 3 nitrogen and oxygen atoms in total. The number of nitrogens with zero attached hydrogens (tertiary/aromatic N) is 1. The van der Waals surface area contributed by atoms with Crippen LogP contribution in [-0.4, -0.2) is 35.1 Å². The van der Waals surface area contributed by atoms with Crippen LogP contribution in [-0.2, 0) is 9.31 Å². The number of benzene rings is 1. The van der Waals surface area contributed by atoms with Gasteiger partial charge < -0.3 is 9.31 Å². The Bertz CT molecular complexity index is 515. The number of hydrogen-bond acceptors (Lipinski definition) is 4. The summed E-state index contributed by atoms with van der Waals surface area (Å²) in [6.45, 7) is 12.5. The zero-order valence-corrected chi connectivity index (χ0v) is 15.2. The zero-order chi connectivity index (χ0) is 16.4. The molecule has 2 rings (SSSR count). The lowest BCUT2D eigenvalue weighted by atomic mass is 9.80. The van der Waals surface area contributed by atoms with Crippen molar-refractivity contribution >= 4 is 23.9 Å². The lowest BCUT2D eigenvalue weighted by molar-refractivity contribution is 0.00578. The van der Waals surface area contributed by atoms with Gasteiger partial charge in [-0.25, -0.2) is 0 Å². The van der Waals surface area contributed by atoms with Gasteiger partial charge in [0.05, 0.1) is 22.2 Å². The molecular weight excluding hydrogens is 293 g/mol. The Morgan fingerprint density at radius 3 is 2.18 bits per heavy atom. The van der Waals surface area contributed by atoms with Crippen molar-refractivity contribution in [2.24, 2.45) is 4.99 Å². The summed E-state index contributed by atoms with van der Waals surface area (Å²) in [4.78, 5) is 4.88. The molecule has 0 amide bonds. The number of aliphatic imine (C=N–C) groups is 1. The second kappa shape index (κ2) is 6.77. The smallest absolute Gasteiger partial charge is 0.402 e. The van der Waals surface area contributed by atoms with Crippen LogP contribution in [0.4, 0.5) is 0 Å². The Hall–Kier alpha value is -0.775. The van der Waals surface area contributed by atoms with Crippen molar-refractivity contribution in [2.75, 3.05) is 5.75 Å². The van der Waals surface area contributed by atoms with Gasteiger partial charge in [0.1, 0.15) is 0 Å². The van der Waals surface area contributed by atoms with Crippen LogP contribution in [0, 0.1) is 0 Å². The molecule has 1 unspecified atom stereocenters. The van der Waals surface area contributed by atoms with Crippen molar-refractivity contribution < 1.29 is 9.31 Å². The third-order valence-electron chi connectivity index (χ3n) is 4.29. The molecule has 1 fully saturated rings.